The first-order chi connectivity index (χ1) is 9.61. The topological polar surface area (TPSA) is 50.8 Å². The Morgan fingerprint density at radius 3 is 2.45 bits per heavy atom. The summed E-state index contributed by atoms with van der Waals surface area (Å²) in [4.78, 5) is 0. The number of rotatable bonds is 5. The molecule has 4 nitrogen and oxygen atoms in total. The minimum Gasteiger partial charge on any atom is -0.492 e. The summed E-state index contributed by atoms with van der Waals surface area (Å²) in [5.74, 6) is 0.824. The molecule has 0 radical (unpaired) electrons. The standard InChI is InChI=1S/C16H19N3O/c1-12-13(2)18-19(14(12)3)10-11-20-16-6-4-15(5-7-16)8-9-17/h4-7H,8,10-11H2,1-3H3. The molecule has 0 bridgehead atoms. The Morgan fingerprint density at radius 2 is 1.90 bits per heavy atom. The Balaban J connectivity index is 1.89. The fraction of sp³-hybridized carbons (Fsp3) is 0.375. The predicted molar refractivity (Wildman–Crippen MR) is 77.7 cm³/mol. The maximum atomic E-state index is 8.62. The Hall–Kier alpha value is -2.28. The van der Waals surface area contributed by atoms with E-state index in [2.05, 4.69) is 25.0 Å². The van der Waals surface area contributed by atoms with E-state index in [1.807, 2.05) is 35.9 Å². The van der Waals surface area contributed by atoms with Crippen LogP contribution in [-0.2, 0) is 13.0 Å². The van der Waals surface area contributed by atoms with Gasteiger partial charge in [0, 0.05) is 5.69 Å². The van der Waals surface area contributed by atoms with Crippen LogP contribution in [0.2, 0.25) is 0 Å². The fourth-order valence-corrected chi connectivity index (χ4v) is 2.05. The van der Waals surface area contributed by atoms with Gasteiger partial charge in [-0.15, -0.1) is 0 Å². The summed E-state index contributed by atoms with van der Waals surface area (Å²) >= 11 is 0. The lowest BCUT2D eigenvalue weighted by Gasteiger charge is -2.08. The average Bonchev–Trinajstić information content (AvgIpc) is 2.69. The Morgan fingerprint density at radius 1 is 1.20 bits per heavy atom. The highest BCUT2D eigenvalue weighted by molar-refractivity contribution is 5.28. The largest absolute Gasteiger partial charge is 0.492 e. The van der Waals surface area contributed by atoms with Gasteiger partial charge in [-0.3, -0.25) is 4.68 Å². The Labute approximate surface area is 119 Å². The molecule has 1 aromatic carbocycles. The molecule has 0 aliphatic heterocycles. The third-order valence-electron chi connectivity index (χ3n) is 3.52. The van der Waals surface area contributed by atoms with Gasteiger partial charge in [-0.2, -0.15) is 10.4 Å². The van der Waals surface area contributed by atoms with Gasteiger partial charge < -0.3 is 4.74 Å². The van der Waals surface area contributed by atoms with Crippen LogP contribution in [0.4, 0.5) is 0 Å². The van der Waals surface area contributed by atoms with Crippen LogP contribution in [0.5, 0.6) is 5.75 Å². The lowest BCUT2D eigenvalue weighted by atomic mass is 10.2. The van der Waals surface area contributed by atoms with Crippen molar-refractivity contribution in [2.24, 2.45) is 0 Å². The van der Waals surface area contributed by atoms with Crippen molar-refractivity contribution in [3.8, 4) is 11.8 Å². The summed E-state index contributed by atoms with van der Waals surface area (Å²) < 4.78 is 7.68. The summed E-state index contributed by atoms with van der Waals surface area (Å²) in [6.07, 6.45) is 0.436. The molecule has 1 heterocycles. The highest BCUT2D eigenvalue weighted by atomic mass is 16.5. The highest BCUT2D eigenvalue weighted by Gasteiger charge is 2.06. The van der Waals surface area contributed by atoms with E-state index in [-0.39, 0.29) is 0 Å². The van der Waals surface area contributed by atoms with Gasteiger partial charge in [-0.05, 0) is 44.0 Å². The molecule has 0 spiro atoms. The molecule has 0 N–H and O–H groups in total. The smallest absolute Gasteiger partial charge is 0.119 e. The normalized spacial score (nSPS) is 10.3. The van der Waals surface area contributed by atoms with E-state index in [0.717, 1.165) is 23.6 Å². The maximum Gasteiger partial charge on any atom is 0.119 e. The molecule has 0 unspecified atom stereocenters. The van der Waals surface area contributed by atoms with Crippen molar-refractivity contribution in [2.75, 3.05) is 6.61 Å². The van der Waals surface area contributed by atoms with Crippen molar-refractivity contribution in [1.82, 2.24) is 9.78 Å². The summed E-state index contributed by atoms with van der Waals surface area (Å²) in [6.45, 7) is 7.50. The van der Waals surface area contributed by atoms with Crippen LogP contribution >= 0.6 is 0 Å². The van der Waals surface area contributed by atoms with Crippen LogP contribution in [0, 0.1) is 32.1 Å². The van der Waals surface area contributed by atoms with Gasteiger partial charge in [-0.1, -0.05) is 12.1 Å². The van der Waals surface area contributed by atoms with E-state index in [4.69, 9.17) is 10.00 Å². The number of nitriles is 1. The van der Waals surface area contributed by atoms with Crippen LogP contribution in [0.25, 0.3) is 0 Å². The Kier molecular flexibility index (Phi) is 4.41. The molecule has 4 heteroatoms. The second-order valence-corrected chi connectivity index (χ2v) is 4.85. The van der Waals surface area contributed by atoms with Crippen LogP contribution in [0.3, 0.4) is 0 Å². The van der Waals surface area contributed by atoms with Crippen LogP contribution in [0.15, 0.2) is 24.3 Å². The van der Waals surface area contributed by atoms with Gasteiger partial charge in [0.05, 0.1) is 24.7 Å². The highest BCUT2D eigenvalue weighted by Crippen LogP contribution is 2.14. The molecule has 1 aromatic heterocycles. The van der Waals surface area contributed by atoms with E-state index < -0.39 is 0 Å². The number of ether oxygens (including phenoxy) is 1. The van der Waals surface area contributed by atoms with Crippen molar-refractivity contribution in [3.63, 3.8) is 0 Å². The third kappa shape index (κ3) is 3.18. The summed E-state index contributed by atoms with van der Waals surface area (Å²) in [5, 5.41) is 13.1. The molecule has 20 heavy (non-hydrogen) atoms. The van der Waals surface area contributed by atoms with Crippen LogP contribution in [0.1, 0.15) is 22.5 Å². The number of aryl methyl sites for hydroxylation is 1. The van der Waals surface area contributed by atoms with Gasteiger partial charge in [0.2, 0.25) is 0 Å². The Bertz CT molecular complexity index is 620. The second kappa shape index (κ2) is 6.25. The zero-order chi connectivity index (χ0) is 14.5. The molecule has 0 aliphatic carbocycles. The van der Waals surface area contributed by atoms with Gasteiger partial charge in [0.25, 0.3) is 0 Å². The zero-order valence-corrected chi connectivity index (χ0v) is 12.2. The summed E-state index contributed by atoms with van der Waals surface area (Å²) in [5.41, 5.74) is 4.51. The van der Waals surface area contributed by atoms with Gasteiger partial charge in [0.15, 0.2) is 0 Å². The first-order valence-corrected chi connectivity index (χ1v) is 6.71. The van der Waals surface area contributed by atoms with Crippen molar-refractivity contribution >= 4 is 0 Å². The molecule has 0 saturated heterocycles. The SMILES string of the molecule is Cc1nn(CCOc2ccc(CC#N)cc2)c(C)c1C. The maximum absolute atomic E-state index is 8.62. The molecular weight excluding hydrogens is 250 g/mol. The molecule has 0 aliphatic rings. The summed E-state index contributed by atoms with van der Waals surface area (Å²) in [7, 11) is 0. The van der Waals surface area contributed by atoms with E-state index in [1.54, 1.807) is 0 Å². The number of benzene rings is 1. The van der Waals surface area contributed by atoms with Crippen molar-refractivity contribution < 1.29 is 4.74 Å². The van der Waals surface area contributed by atoms with Gasteiger partial charge in [0.1, 0.15) is 12.4 Å². The van der Waals surface area contributed by atoms with Gasteiger partial charge in [-0.25, -0.2) is 0 Å². The van der Waals surface area contributed by atoms with Crippen molar-refractivity contribution in [2.45, 2.75) is 33.7 Å². The van der Waals surface area contributed by atoms with Gasteiger partial charge >= 0.3 is 0 Å². The molecule has 0 atom stereocenters. The lowest BCUT2D eigenvalue weighted by Crippen LogP contribution is -2.11. The van der Waals surface area contributed by atoms with Crippen LogP contribution in [-0.4, -0.2) is 16.4 Å². The zero-order valence-electron chi connectivity index (χ0n) is 12.2. The number of nitrogens with zero attached hydrogens (tertiary/aromatic N) is 3. The molecule has 104 valence electrons. The first kappa shape index (κ1) is 14.1. The number of hydrogen-bond donors (Lipinski definition) is 0. The molecule has 0 fully saturated rings. The minimum atomic E-state index is 0.436. The quantitative estimate of drug-likeness (QED) is 0.838. The van der Waals surface area contributed by atoms with E-state index in [1.165, 1.54) is 11.3 Å². The van der Waals surface area contributed by atoms with Crippen molar-refractivity contribution in [3.05, 3.63) is 46.8 Å². The van der Waals surface area contributed by atoms with E-state index >= 15 is 0 Å². The predicted octanol–water partition coefficient (Wildman–Crippen LogP) is 2.95. The lowest BCUT2D eigenvalue weighted by molar-refractivity contribution is 0.289. The molecule has 2 aromatic rings. The van der Waals surface area contributed by atoms with E-state index in [9.17, 15) is 0 Å². The molecular formula is C16H19N3O. The van der Waals surface area contributed by atoms with Crippen molar-refractivity contribution in [1.29, 1.82) is 5.26 Å². The number of hydrogen-bond acceptors (Lipinski definition) is 3. The second-order valence-electron chi connectivity index (χ2n) is 4.85. The summed E-state index contributed by atoms with van der Waals surface area (Å²) in [6, 6.07) is 9.78. The van der Waals surface area contributed by atoms with Crippen LogP contribution < -0.4 is 4.74 Å². The molecule has 0 saturated carbocycles. The minimum absolute atomic E-state index is 0.436. The molecule has 2 rings (SSSR count). The monoisotopic (exact) mass is 269 g/mol. The average molecular weight is 269 g/mol. The third-order valence-corrected chi connectivity index (χ3v) is 3.52. The first-order valence-electron chi connectivity index (χ1n) is 6.71. The molecule has 0 amide bonds. The fourth-order valence-electron chi connectivity index (χ4n) is 2.05. The van der Waals surface area contributed by atoms with E-state index in [0.29, 0.717) is 13.0 Å². The number of aromatic nitrogens is 2.